The minimum atomic E-state index is 0.00298. The Morgan fingerprint density at radius 2 is 1.89 bits per heavy atom. The first-order chi connectivity index (χ1) is 13.5. The molecule has 2 aromatic rings. The number of amides is 1. The molecule has 0 aliphatic carbocycles. The summed E-state index contributed by atoms with van der Waals surface area (Å²) in [7, 11) is 0. The minimum Gasteiger partial charge on any atom is -0.345 e. The molecule has 1 heterocycles. The van der Waals surface area contributed by atoms with Crippen molar-refractivity contribution >= 4 is 5.91 Å². The van der Waals surface area contributed by atoms with Crippen molar-refractivity contribution in [2.75, 3.05) is 13.1 Å². The molecule has 2 aromatic carbocycles. The van der Waals surface area contributed by atoms with E-state index in [9.17, 15) is 4.79 Å². The first-order valence-electron chi connectivity index (χ1n) is 10.7. The van der Waals surface area contributed by atoms with Gasteiger partial charge in [0, 0.05) is 18.7 Å². The van der Waals surface area contributed by atoms with Gasteiger partial charge in [0.15, 0.2) is 0 Å². The predicted octanol–water partition coefficient (Wildman–Crippen LogP) is 5.42. The van der Waals surface area contributed by atoms with E-state index in [-0.39, 0.29) is 11.9 Å². The number of nitrogens with one attached hydrogen (secondary N) is 1. The van der Waals surface area contributed by atoms with Crippen molar-refractivity contribution in [3.8, 4) is 0 Å². The van der Waals surface area contributed by atoms with Crippen molar-refractivity contribution in [2.45, 2.75) is 59.5 Å². The maximum absolute atomic E-state index is 12.8. The van der Waals surface area contributed by atoms with E-state index in [0.717, 1.165) is 24.4 Å². The molecule has 0 spiro atoms. The van der Waals surface area contributed by atoms with Gasteiger partial charge >= 0.3 is 0 Å². The van der Waals surface area contributed by atoms with Crippen LogP contribution >= 0.6 is 0 Å². The van der Waals surface area contributed by atoms with Crippen LogP contribution in [0.15, 0.2) is 42.5 Å². The molecular formula is C25H34N2O. The third-order valence-electron chi connectivity index (χ3n) is 6.01. The number of piperidine rings is 1. The van der Waals surface area contributed by atoms with Gasteiger partial charge in [-0.1, -0.05) is 44.2 Å². The van der Waals surface area contributed by atoms with E-state index in [0.29, 0.717) is 0 Å². The standard InChI is InChI=1S/C25H34N2O/c1-5-24(23-11-8-19(3)20(4)15-23)26-25(28)22-12-9-21(10-13-22)17-27-14-6-7-18(2)16-27/h8-13,15,18,24H,5-7,14,16-17H2,1-4H3,(H,26,28)/t18-,24+/m1/s1. The fourth-order valence-corrected chi connectivity index (χ4v) is 4.09. The van der Waals surface area contributed by atoms with Crippen LogP contribution in [0.1, 0.15) is 71.8 Å². The summed E-state index contributed by atoms with van der Waals surface area (Å²) in [4.78, 5) is 15.3. The van der Waals surface area contributed by atoms with Crippen LogP contribution in [0.3, 0.4) is 0 Å². The number of benzene rings is 2. The van der Waals surface area contributed by atoms with Crippen molar-refractivity contribution in [2.24, 2.45) is 5.92 Å². The minimum absolute atomic E-state index is 0.00298. The molecule has 1 saturated heterocycles. The second-order valence-electron chi connectivity index (χ2n) is 8.46. The summed E-state index contributed by atoms with van der Waals surface area (Å²) in [5.74, 6) is 0.790. The molecule has 1 N–H and O–H groups in total. The number of carbonyl (C=O) groups excluding carboxylic acids is 1. The number of nitrogens with zero attached hydrogens (tertiary/aromatic N) is 1. The average Bonchev–Trinajstić information content (AvgIpc) is 2.69. The maximum Gasteiger partial charge on any atom is 0.251 e. The molecule has 0 unspecified atom stereocenters. The largest absolute Gasteiger partial charge is 0.345 e. The van der Waals surface area contributed by atoms with E-state index >= 15 is 0 Å². The van der Waals surface area contributed by atoms with Crippen LogP contribution in [0.4, 0.5) is 0 Å². The van der Waals surface area contributed by atoms with Gasteiger partial charge in [-0.05, 0) is 80.0 Å². The summed E-state index contributed by atoms with van der Waals surface area (Å²) >= 11 is 0. The Bertz CT molecular complexity index is 797. The molecular weight excluding hydrogens is 344 g/mol. The number of carbonyl (C=O) groups is 1. The Morgan fingerprint density at radius 1 is 1.14 bits per heavy atom. The van der Waals surface area contributed by atoms with Gasteiger partial charge in [-0.15, -0.1) is 0 Å². The van der Waals surface area contributed by atoms with E-state index in [1.807, 2.05) is 12.1 Å². The Morgan fingerprint density at radius 3 is 2.54 bits per heavy atom. The molecule has 1 aliphatic rings. The van der Waals surface area contributed by atoms with Gasteiger partial charge in [-0.25, -0.2) is 0 Å². The van der Waals surface area contributed by atoms with Crippen molar-refractivity contribution in [3.05, 3.63) is 70.3 Å². The molecule has 0 bridgehead atoms. The quantitative estimate of drug-likeness (QED) is 0.728. The van der Waals surface area contributed by atoms with Crippen LogP contribution in [-0.2, 0) is 6.54 Å². The lowest BCUT2D eigenvalue weighted by Crippen LogP contribution is -2.33. The highest BCUT2D eigenvalue weighted by molar-refractivity contribution is 5.94. The van der Waals surface area contributed by atoms with Crippen LogP contribution in [0.2, 0.25) is 0 Å². The molecule has 3 heteroatoms. The molecule has 1 amide bonds. The maximum atomic E-state index is 12.8. The predicted molar refractivity (Wildman–Crippen MR) is 117 cm³/mol. The third-order valence-corrected chi connectivity index (χ3v) is 6.01. The monoisotopic (exact) mass is 378 g/mol. The summed E-state index contributed by atoms with van der Waals surface area (Å²) in [6.07, 6.45) is 3.51. The highest BCUT2D eigenvalue weighted by Crippen LogP contribution is 2.21. The van der Waals surface area contributed by atoms with E-state index < -0.39 is 0 Å². The van der Waals surface area contributed by atoms with Crippen molar-refractivity contribution in [1.29, 1.82) is 0 Å². The SMILES string of the molecule is CC[C@H](NC(=O)c1ccc(CN2CCC[C@@H](C)C2)cc1)c1ccc(C)c(C)c1. The van der Waals surface area contributed by atoms with Gasteiger partial charge in [-0.2, -0.15) is 0 Å². The summed E-state index contributed by atoms with van der Waals surface area (Å²) in [6.45, 7) is 12.0. The third kappa shape index (κ3) is 5.23. The molecule has 0 radical (unpaired) electrons. The summed E-state index contributed by atoms with van der Waals surface area (Å²) in [5.41, 5.74) is 5.74. The number of hydrogen-bond acceptors (Lipinski definition) is 2. The zero-order valence-corrected chi connectivity index (χ0v) is 17.8. The second kappa shape index (κ2) is 9.38. The van der Waals surface area contributed by atoms with Crippen LogP contribution in [0.25, 0.3) is 0 Å². The molecule has 0 saturated carbocycles. The van der Waals surface area contributed by atoms with Crippen LogP contribution < -0.4 is 5.32 Å². The molecule has 3 rings (SSSR count). The van der Waals surface area contributed by atoms with Crippen molar-refractivity contribution < 1.29 is 4.79 Å². The first kappa shape index (κ1) is 20.6. The molecule has 150 valence electrons. The van der Waals surface area contributed by atoms with E-state index in [1.54, 1.807) is 0 Å². The number of likely N-dealkylation sites (tertiary alicyclic amines) is 1. The van der Waals surface area contributed by atoms with Crippen molar-refractivity contribution in [3.63, 3.8) is 0 Å². The topological polar surface area (TPSA) is 32.3 Å². The fraction of sp³-hybridized carbons (Fsp3) is 0.480. The van der Waals surface area contributed by atoms with Gasteiger partial charge < -0.3 is 5.32 Å². The molecule has 3 nitrogen and oxygen atoms in total. The highest BCUT2D eigenvalue weighted by atomic mass is 16.1. The Balaban J connectivity index is 1.62. The van der Waals surface area contributed by atoms with Gasteiger partial charge in [0.1, 0.15) is 0 Å². The van der Waals surface area contributed by atoms with E-state index in [4.69, 9.17) is 0 Å². The molecule has 28 heavy (non-hydrogen) atoms. The van der Waals surface area contributed by atoms with Gasteiger partial charge in [0.25, 0.3) is 5.91 Å². The van der Waals surface area contributed by atoms with Gasteiger partial charge in [0.2, 0.25) is 0 Å². The summed E-state index contributed by atoms with van der Waals surface area (Å²) in [6, 6.07) is 14.6. The zero-order chi connectivity index (χ0) is 20.1. The Hall–Kier alpha value is -2.13. The van der Waals surface area contributed by atoms with Crippen LogP contribution in [0, 0.1) is 19.8 Å². The summed E-state index contributed by atoms with van der Waals surface area (Å²) < 4.78 is 0. The fourth-order valence-electron chi connectivity index (χ4n) is 4.09. The van der Waals surface area contributed by atoms with Crippen molar-refractivity contribution in [1.82, 2.24) is 10.2 Å². The second-order valence-corrected chi connectivity index (χ2v) is 8.46. The van der Waals surface area contributed by atoms with Gasteiger partial charge in [-0.3, -0.25) is 9.69 Å². The highest BCUT2D eigenvalue weighted by Gasteiger charge is 2.17. The number of aryl methyl sites for hydroxylation is 2. The zero-order valence-electron chi connectivity index (χ0n) is 17.8. The molecule has 2 atom stereocenters. The average molecular weight is 379 g/mol. The number of rotatable bonds is 6. The molecule has 1 fully saturated rings. The number of hydrogen-bond donors (Lipinski definition) is 1. The van der Waals surface area contributed by atoms with Gasteiger partial charge in [0.05, 0.1) is 6.04 Å². The smallest absolute Gasteiger partial charge is 0.251 e. The first-order valence-corrected chi connectivity index (χ1v) is 10.7. The Kier molecular flexibility index (Phi) is 6.90. The molecule has 1 aliphatic heterocycles. The molecule has 0 aromatic heterocycles. The normalized spacial score (nSPS) is 18.6. The van der Waals surface area contributed by atoms with E-state index in [1.165, 1.54) is 48.2 Å². The van der Waals surface area contributed by atoms with Crippen LogP contribution in [-0.4, -0.2) is 23.9 Å². The lowest BCUT2D eigenvalue weighted by molar-refractivity contribution is 0.0935. The van der Waals surface area contributed by atoms with E-state index in [2.05, 4.69) is 68.2 Å². The lowest BCUT2D eigenvalue weighted by Gasteiger charge is -2.30. The van der Waals surface area contributed by atoms with Crippen LogP contribution in [0.5, 0.6) is 0 Å². The lowest BCUT2D eigenvalue weighted by atomic mass is 9.99. The summed E-state index contributed by atoms with van der Waals surface area (Å²) in [5, 5.41) is 3.20. The Labute approximate surface area is 170 Å².